The summed E-state index contributed by atoms with van der Waals surface area (Å²) in [7, 11) is 0. The number of nitrogens with one attached hydrogen (secondary N) is 1. The van der Waals surface area contributed by atoms with Crippen LogP contribution < -0.4 is 5.56 Å². The molecule has 0 radical (unpaired) electrons. The highest BCUT2D eigenvalue weighted by molar-refractivity contribution is 7.18. The van der Waals surface area contributed by atoms with Crippen LogP contribution in [0.25, 0.3) is 10.2 Å². The molecular formula is C24H22N2O3S. The van der Waals surface area contributed by atoms with Crippen molar-refractivity contribution in [3.63, 3.8) is 0 Å². The second-order valence-corrected chi connectivity index (χ2v) is 8.48. The van der Waals surface area contributed by atoms with Crippen molar-refractivity contribution in [2.75, 3.05) is 0 Å². The Balaban J connectivity index is 1.59. The van der Waals surface area contributed by atoms with Crippen LogP contribution in [-0.2, 0) is 11.2 Å². The topological polar surface area (TPSA) is 72.0 Å². The van der Waals surface area contributed by atoms with Crippen molar-refractivity contribution in [2.24, 2.45) is 0 Å². The van der Waals surface area contributed by atoms with Crippen molar-refractivity contribution in [1.29, 1.82) is 0 Å². The lowest BCUT2D eigenvalue weighted by molar-refractivity contribution is 0.0319. The Morgan fingerprint density at radius 3 is 2.57 bits per heavy atom. The van der Waals surface area contributed by atoms with Gasteiger partial charge in [-0.1, -0.05) is 48.5 Å². The lowest BCUT2D eigenvalue weighted by Crippen LogP contribution is -2.18. The summed E-state index contributed by atoms with van der Waals surface area (Å²) in [5.74, 6) is -0.0852. The molecule has 1 atom stereocenters. The normalized spacial score (nSPS) is 12.1. The molecule has 6 heteroatoms. The maximum atomic E-state index is 12.9. The van der Waals surface area contributed by atoms with E-state index in [1.807, 2.05) is 62.4 Å². The number of nitrogens with zero attached hydrogens (tertiary/aromatic N) is 1. The fourth-order valence-corrected chi connectivity index (χ4v) is 4.47. The number of aryl methyl sites for hydroxylation is 2. The highest BCUT2D eigenvalue weighted by Gasteiger charge is 2.20. The Labute approximate surface area is 178 Å². The molecule has 0 saturated heterocycles. The molecule has 2 aromatic carbocycles. The molecule has 1 N–H and O–H groups in total. The first-order valence-corrected chi connectivity index (χ1v) is 10.6. The fourth-order valence-electron chi connectivity index (χ4n) is 3.43. The van der Waals surface area contributed by atoms with E-state index in [9.17, 15) is 9.59 Å². The smallest absolute Gasteiger partial charge is 0.339 e. The zero-order valence-corrected chi connectivity index (χ0v) is 17.9. The highest BCUT2D eigenvalue weighted by atomic mass is 32.1. The van der Waals surface area contributed by atoms with Crippen LogP contribution >= 0.6 is 11.3 Å². The third-order valence-corrected chi connectivity index (χ3v) is 6.30. The van der Waals surface area contributed by atoms with Crippen molar-refractivity contribution >= 4 is 27.5 Å². The van der Waals surface area contributed by atoms with Gasteiger partial charge in [-0.25, -0.2) is 9.78 Å². The summed E-state index contributed by atoms with van der Waals surface area (Å²) in [6.45, 7) is 5.60. The number of thiophene rings is 1. The summed E-state index contributed by atoms with van der Waals surface area (Å²) in [6, 6.07) is 17.4. The molecule has 5 nitrogen and oxygen atoms in total. The molecule has 0 bridgehead atoms. The number of carbonyl (C=O) groups is 1. The average Bonchev–Trinajstić information content (AvgIpc) is 3.03. The minimum Gasteiger partial charge on any atom is -0.451 e. The number of ether oxygens (including phenoxy) is 1. The summed E-state index contributed by atoms with van der Waals surface area (Å²) < 4.78 is 5.67. The predicted octanol–water partition coefficient (Wildman–Crippen LogP) is 5.11. The number of hydrogen-bond acceptors (Lipinski definition) is 5. The second-order valence-electron chi connectivity index (χ2n) is 7.28. The Morgan fingerprint density at radius 1 is 1.10 bits per heavy atom. The number of esters is 1. The van der Waals surface area contributed by atoms with Gasteiger partial charge in [-0.3, -0.25) is 4.79 Å². The molecule has 0 spiro atoms. The minimum absolute atomic E-state index is 0.204. The van der Waals surface area contributed by atoms with E-state index in [2.05, 4.69) is 9.97 Å². The van der Waals surface area contributed by atoms with Crippen molar-refractivity contribution < 1.29 is 9.53 Å². The summed E-state index contributed by atoms with van der Waals surface area (Å²) in [5.41, 5.74) is 3.26. The number of aromatic amines is 1. The van der Waals surface area contributed by atoms with Crippen LogP contribution in [0.1, 0.15) is 50.8 Å². The van der Waals surface area contributed by atoms with Gasteiger partial charge in [0.25, 0.3) is 5.56 Å². The second kappa shape index (κ2) is 8.24. The molecule has 4 rings (SSSR count). The molecule has 0 aliphatic carbocycles. The Bertz CT molecular complexity index is 1270. The van der Waals surface area contributed by atoms with E-state index in [0.29, 0.717) is 28.0 Å². The van der Waals surface area contributed by atoms with E-state index >= 15 is 0 Å². The molecule has 152 valence electrons. The molecule has 0 fully saturated rings. The molecular weight excluding hydrogens is 396 g/mol. The van der Waals surface area contributed by atoms with Crippen molar-refractivity contribution in [3.05, 3.63) is 97.9 Å². The summed E-state index contributed by atoms with van der Waals surface area (Å²) >= 11 is 1.47. The SMILES string of the molecule is Cc1sc2nc([C@H](C)OC(=O)c3ccccc3Cc3ccccc3)[nH]c(=O)c2c1C. The monoisotopic (exact) mass is 418 g/mol. The highest BCUT2D eigenvalue weighted by Crippen LogP contribution is 2.27. The quantitative estimate of drug-likeness (QED) is 0.457. The number of rotatable bonds is 5. The molecule has 0 unspecified atom stereocenters. The van der Waals surface area contributed by atoms with E-state index in [1.54, 1.807) is 13.0 Å². The maximum Gasteiger partial charge on any atom is 0.339 e. The van der Waals surface area contributed by atoms with Crippen LogP contribution in [0.2, 0.25) is 0 Å². The van der Waals surface area contributed by atoms with Gasteiger partial charge in [0.1, 0.15) is 4.83 Å². The largest absolute Gasteiger partial charge is 0.451 e. The first-order chi connectivity index (χ1) is 14.4. The third kappa shape index (κ3) is 3.91. The molecule has 0 amide bonds. The molecule has 2 heterocycles. The molecule has 0 aliphatic heterocycles. The van der Waals surface area contributed by atoms with Crippen molar-refractivity contribution in [3.8, 4) is 0 Å². The Kier molecular flexibility index (Phi) is 5.50. The van der Waals surface area contributed by atoms with Gasteiger partial charge in [0.05, 0.1) is 10.9 Å². The lowest BCUT2D eigenvalue weighted by atomic mass is 10.00. The van der Waals surface area contributed by atoms with Crippen LogP contribution in [0.15, 0.2) is 59.4 Å². The molecule has 4 aromatic rings. The predicted molar refractivity (Wildman–Crippen MR) is 119 cm³/mol. The van der Waals surface area contributed by atoms with Gasteiger partial charge in [0, 0.05) is 4.88 Å². The van der Waals surface area contributed by atoms with E-state index < -0.39 is 12.1 Å². The van der Waals surface area contributed by atoms with Crippen molar-refractivity contribution in [1.82, 2.24) is 9.97 Å². The van der Waals surface area contributed by atoms with Gasteiger partial charge in [-0.15, -0.1) is 11.3 Å². The zero-order valence-electron chi connectivity index (χ0n) is 17.1. The first-order valence-electron chi connectivity index (χ1n) is 9.76. The molecule has 0 aliphatic rings. The number of aromatic nitrogens is 2. The van der Waals surface area contributed by atoms with Crippen LogP contribution in [0, 0.1) is 13.8 Å². The zero-order chi connectivity index (χ0) is 21.3. The van der Waals surface area contributed by atoms with E-state index in [0.717, 1.165) is 21.6 Å². The van der Waals surface area contributed by atoms with E-state index in [1.165, 1.54) is 11.3 Å². The Morgan fingerprint density at radius 2 is 1.80 bits per heavy atom. The van der Waals surface area contributed by atoms with Gasteiger partial charge in [-0.05, 0) is 49.9 Å². The summed E-state index contributed by atoms with van der Waals surface area (Å²) in [4.78, 5) is 34.5. The molecule has 2 aromatic heterocycles. The first kappa shape index (κ1) is 20.0. The van der Waals surface area contributed by atoms with Crippen LogP contribution in [-0.4, -0.2) is 15.9 Å². The maximum absolute atomic E-state index is 12.9. The Hall–Kier alpha value is -3.25. The lowest BCUT2D eigenvalue weighted by Gasteiger charge is -2.14. The van der Waals surface area contributed by atoms with Gasteiger partial charge in [-0.2, -0.15) is 0 Å². The van der Waals surface area contributed by atoms with Crippen LogP contribution in [0.4, 0.5) is 0 Å². The minimum atomic E-state index is -0.679. The van der Waals surface area contributed by atoms with Gasteiger partial charge in [0.2, 0.25) is 0 Å². The number of fused-ring (bicyclic) bond motifs is 1. The van der Waals surface area contributed by atoms with Gasteiger partial charge >= 0.3 is 5.97 Å². The van der Waals surface area contributed by atoms with Gasteiger partial charge in [0.15, 0.2) is 11.9 Å². The summed E-state index contributed by atoms with van der Waals surface area (Å²) in [5, 5.41) is 0.605. The van der Waals surface area contributed by atoms with Gasteiger partial charge < -0.3 is 9.72 Å². The van der Waals surface area contributed by atoms with E-state index in [-0.39, 0.29) is 5.56 Å². The number of benzene rings is 2. The third-order valence-electron chi connectivity index (χ3n) is 5.20. The summed E-state index contributed by atoms with van der Waals surface area (Å²) in [6.07, 6.45) is -0.0444. The average molecular weight is 419 g/mol. The molecule has 0 saturated carbocycles. The number of H-pyrrole nitrogens is 1. The standard InChI is InChI=1S/C24H22N2O3S/c1-14-16(3)30-23-20(14)22(27)25-21(26-23)15(2)29-24(28)19-12-8-7-11-18(19)13-17-9-5-4-6-10-17/h4-12,15H,13H2,1-3H3,(H,25,26,27)/t15-/m0/s1. The van der Waals surface area contributed by atoms with Crippen LogP contribution in [0.5, 0.6) is 0 Å². The fraction of sp³-hybridized carbons (Fsp3) is 0.208. The van der Waals surface area contributed by atoms with E-state index in [4.69, 9.17) is 4.74 Å². The van der Waals surface area contributed by atoms with Crippen molar-refractivity contribution in [2.45, 2.75) is 33.3 Å². The molecule has 30 heavy (non-hydrogen) atoms. The van der Waals surface area contributed by atoms with Crippen LogP contribution in [0.3, 0.4) is 0 Å². The number of carbonyl (C=O) groups excluding carboxylic acids is 1. The number of hydrogen-bond donors (Lipinski definition) is 1.